The molecule has 3 atom stereocenters. The Labute approximate surface area is 128 Å². The average Bonchev–Trinajstić information content (AvgIpc) is 2.45. The predicted octanol–water partition coefficient (Wildman–Crippen LogP) is 0.237. The maximum atomic E-state index is 12.2. The predicted molar refractivity (Wildman–Crippen MR) is 78.3 cm³/mol. The van der Waals surface area contributed by atoms with Crippen LogP contribution in [-0.2, 0) is 25.1 Å². The summed E-state index contributed by atoms with van der Waals surface area (Å²) in [6.45, 7) is 2.31. The van der Waals surface area contributed by atoms with Crippen LogP contribution in [0.25, 0.3) is 0 Å². The summed E-state index contributed by atoms with van der Waals surface area (Å²) in [6, 6.07) is -0.786. The summed E-state index contributed by atoms with van der Waals surface area (Å²) in [6.07, 6.45) is 1.68. The molecule has 2 heterocycles. The summed E-state index contributed by atoms with van der Waals surface area (Å²) < 4.78 is 17.2. The van der Waals surface area contributed by atoms with Crippen LogP contribution in [0.5, 0.6) is 0 Å². The van der Waals surface area contributed by atoms with Crippen molar-refractivity contribution in [2.75, 3.05) is 17.7 Å². The molecule has 0 aliphatic carbocycles. The number of carbonyl (C=O) groups is 2. The van der Waals surface area contributed by atoms with Gasteiger partial charge >= 0.3 is 5.97 Å². The number of halogens is 1. The minimum absolute atomic E-state index is 0.217. The molecule has 0 aromatic heterocycles. The molecular weight excluding hydrogens is 348 g/mol. The van der Waals surface area contributed by atoms with Crippen LogP contribution in [0.1, 0.15) is 19.8 Å². The van der Waals surface area contributed by atoms with E-state index in [1.165, 1.54) is 4.90 Å². The van der Waals surface area contributed by atoms with E-state index in [0.29, 0.717) is 17.5 Å². The monoisotopic (exact) mass is 364 g/mol. The number of nitrogens with two attached hydrogens (primary N) is 1. The lowest BCUT2D eigenvalue weighted by Gasteiger charge is -2.47. The topological polar surface area (TPSA) is 89.7 Å². The van der Waals surface area contributed by atoms with Crippen molar-refractivity contribution >= 4 is 38.6 Å². The van der Waals surface area contributed by atoms with Gasteiger partial charge in [0.15, 0.2) is 0 Å². The highest BCUT2D eigenvalue weighted by atomic mass is 79.9. The summed E-state index contributed by atoms with van der Waals surface area (Å²) in [5.41, 5.74) is 6.51. The van der Waals surface area contributed by atoms with Crippen molar-refractivity contribution in [3.05, 3.63) is 11.3 Å². The lowest BCUT2D eigenvalue weighted by atomic mass is 10.0. The van der Waals surface area contributed by atoms with Gasteiger partial charge in [-0.2, -0.15) is 0 Å². The third-order valence-corrected chi connectivity index (χ3v) is 5.68. The second kappa shape index (κ2) is 6.36. The van der Waals surface area contributed by atoms with E-state index >= 15 is 0 Å². The van der Waals surface area contributed by atoms with Crippen LogP contribution in [0.4, 0.5) is 0 Å². The van der Waals surface area contributed by atoms with Crippen molar-refractivity contribution in [1.29, 1.82) is 0 Å². The molecule has 0 radical (unpaired) electrons. The van der Waals surface area contributed by atoms with Gasteiger partial charge in [-0.3, -0.25) is 13.9 Å². The molecular formula is C12H17BrN2O4S. The van der Waals surface area contributed by atoms with Crippen molar-refractivity contribution in [3.8, 4) is 0 Å². The van der Waals surface area contributed by atoms with E-state index in [-0.39, 0.29) is 17.4 Å². The fourth-order valence-electron chi connectivity index (χ4n) is 2.22. The van der Waals surface area contributed by atoms with E-state index in [1.807, 2.05) is 6.92 Å². The first-order valence-corrected chi connectivity index (χ1v) is 8.94. The average molecular weight is 365 g/mol. The first kappa shape index (κ1) is 15.7. The quantitative estimate of drug-likeness (QED) is 0.326. The number of fused-ring (bicyclic) bond motifs is 1. The van der Waals surface area contributed by atoms with Crippen LogP contribution in [-0.4, -0.2) is 50.1 Å². The fourth-order valence-corrected chi connectivity index (χ4v) is 4.59. The molecule has 2 N–H and O–H groups in total. The number of hydrogen-bond donors (Lipinski definition) is 1. The number of esters is 1. The number of rotatable bonds is 5. The zero-order valence-electron chi connectivity index (χ0n) is 11.1. The van der Waals surface area contributed by atoms with Gasteiger partial charge < -0.3 is 10.5 Å². The molecule has 0 aromatic carbocycles. The second-order valence-corrected chi connectivity index (χ2v) is 6.82. The van der Waals surface area contributed by atoms with Gasteiger partial charge in [-0.05, 0) is 12.0 Å². The molecule has 8 heteroatoms. The minimum Gasteiger partial charge on any atom is -0.461 e. The number of nitrogens with zero attached hydrogens (tertiary/aromatic N) is 1. The SMILES string of the molecule is CCCCOC(=O)C1=C(CBr)CS(=O)[C@@H]2C(N)C(=O)N12. The number of ether oxygens (including phenoxy) is 1. The number of unbranched alkanes of at least 4 members (excludes halogenated alkanes) is 1. The van der Waals surface area contributed by atoms with Gasteiger partial charge in [0.25, 0.3) is 0 Å². The Morgan fingerprint density at radius 3 is 2.90 bits per heavy atom. The largest absolute Gasteiger partial charge is 0.461 e. The first-order valence-electron chi connectivity index (χ1n) is 6.43. The molecule has 0 aromatic rings. The summed E-state index contributed by atoms with van der Waals surface area (Å²) in [7, 11) is -1.27. The number of amides is 1. The van der Waals surface area contributed by atoms with Crippen LogP contribution in [0.2, 0.25) is 0 Å². The summed E-state index contributed by atoms with van der Waals surface area (Å²) >= 11 is 3.27. The van der Waals surface area contributed by atoms with Gasteiger partial charge in [0, 0.05) is 5.33 Å². The van der Waals surface area contributed by atoms with E-state index in [2.05, 4.69) is 15.9 Å². The van der Waals surface area contributed by atoms with Crippen molar-refractivity contribution in [2.45, 2.75) is 31.2 Å². The van der Waals surface area contributed by atoms with Crippen LogP contribution in [0.3, 0.4) is 0 Å². The Morgan fingerprint density at radius 1 is 1.60 bits per heavy atom. The second-order valence-electron chi connectivity index (χ2n) is 4.72. The third kappa shape index (κ3) is 2.56. The van der Waals surface area contributed by atoms with Gasteiger partial charge in [-0.25, -0.2) is 4.79 Å². The number of alkyl halides is 1. The highest BCUT2D eigenvalue weighted by molar-refractivity contribution is 9.09. The molecule has 0 bridgehead atoms. The maximum Gasteiger partial charge on any atom is 0.355 e. The van der Waals surface area contributed by atoms with E-state index in [0.717, 1.165) is 12.8 Å². The Bertz CT molecular complexity index is 494. The number of hydrogen-bond acceptors (Lipinski definition) is 5. The van der Waals surface area contributed by atoms with Crippen molar-refractivity contribution in [3.63, 3.8) is 0 Å². The molecule has 2 unspecified atom stereocenters. The van der Waals surface area contributed by atoms with Crippen LogP contribution in [0.15, 0.2) is 11.3 Å². The van der Waals surface area contributed by atoms with Gasteiger partial charge in [0.05, 0.1) is 23.2 Å². The smallest absolute Gasteiger partial charge is 0.355 e. The van der Waals surface area contributed by atoms with Crippen molar-refractivity contribution < 1.29 is 18.5 Å². The lowest BCUT2D eigenvalue weighted by molar-refractivity contribution is -0.151. The molecule has 0 spiro atoms. The summed E-state index contributed by atoms with van der Waals surface area (Å²) in [4.78, 5) is 25.3. The van der Waals surface area contributed by atoms with E-state index in [1.54, 1.807) is 0 Å². The Balaban J connectivity index is 2.24. The molecule has 112 valence electrons. The first-order chi connectivity index (χ1) is 9.52. The van der Waals surface area contributed by atoms with Gasteiger partial charge in [0.1, 0.15) is 17.1 Å². The normalized spacial score (nSPS) is 29.1. The minimum atomic E-state index is -1.27. The zero-order chi connectivity index (χ0) is 14.9. The van der Waals surface area contributed by atoms with Crippen molar-refractivity contribution in [1.82, 2.24) is 4.90 Å². The third-order valence-electron chi connectivity index (χ3n) is 3.33. The Hall–Kier alpha value is -0.730. The van der Waals surface area contributed by atoms with Gasteiger partial charge in [-0.1, -0.05) is 29.3 Å². The van der Waals surface area contributed by atoms with Gasteiger partial charge in [0.2, 0.25) is 5.91 Å². The molecule has 2 aliphatic heterocycles. The summed E-state index contributed by atoms with van der Waals surface area (Å²) in [5.74, 6) is -0.662. The lowest BCUT2D eigenvalue weighted by Crippen LogP contribution is -2.72. The fraction of sp³-hybridized carbons (Fsp3) is 0.667. The molecule has 2 aliphatic rings. The van der Waals surface area contributed by atoms with Crippen LogP contribution >= 0.6 is 15.9 Å². The molecule has 1 saturated heterocycles. The van der Waals surface area contributed by atoms with Crippen LogP contribution in [0, 0.1) is 0 Å². The molecule has 2 rings (SSSR count). The molecule has 20 heavy (non-hydrogen) atoms. The van der Waals surface area contributed by atoms with E-state index in [9.17, 15) is 13.8 Å². The highest BCUT2D eigenvalue weighted by Gasteiger charge is 2.54. The highest BCUT2D eigenvalue weighted by Crippen LogP contribution is 2.34. The van der Waals surface area contributed by atoms with E-state index in [4.69, 9.17) is 10.5 Å². The molecule has 6 nitrogen and oxygen atoms in total. The van der Waals surface area contributed by atoms with Gasteiger partial charge in [-0.15, -0.1) is 0 Å². The number of carbonyl (C=O) groups excluding carboxylic acids is 2. The zero-order valence-corrected chi connectivity index (χ0v) is 13.5. The Morgan fingerprint density at radius 2 is 2.30 bits per heavy atom. The Kier molecular flexibility index (Phi) is 4.98. The number of β-lactam (4-membered cyclic amide) rings is 1. The molecule has 1 amide bonds. The molecule has 0 saturated carbocycles. The summed E-state index contributed by atoms with van der Waals surface area (Å²) in [5, 5.41) is -0.220. The standard InChI is InChI=1S/C12H17BrN2O4S/c1-2-3-4-19-12(17)9-7(5-13)6-20(18)11-8(14)10(16)15(9)11/h8,11H,2-6,14H2,1H3/t8?,11-,20?/m1/s1. The van der Waals surface area contributed by atoms with E-state index < -0.39 is 28.2 Å². The van der Waals surface area contributed by atoms with Crippen LogP contribution < -0.4 is 5.73 Å². The molecule has 1 fully saturated rings. The maximum absolute atomic E-state index is 12.2. The van der Waals surface area contributed by atoms with Crippen molar-refractivity contribution in [2.24, 2.45) is 5.73 Å².